The predicted octanol–water partition coefficient (Wildman–Crippen LogP) is 4.81. The molecule has 0 saturated carbocycles. The molecule has 0 atom stereocenters. The Balaban J connectivity index is 1.53. The molecule has 37 heavy (non-hydrogen) atoms. The minimum atomic E-state index is -4.49. The van der Waals surface area contributed by atoms with Gasteiger partial charge in [-0.3, -0.25) is 14.5 Å². The number of para-hydroxylation sites is 1. The molecule has 0 aromatic heterocycles. The van der Waals surface area contributed by atoms with Gasteiger partial charge < -0.3 is 14.5 Å². The van der Waals surface area contributed by atoms with Crippen LogP contribution in [0.5, 0.6) is 5.75 Å². The van der Waals surface area contributed by atoms with Crippen molar-refractivity contribution in [1.29, 1.82) is 0 Å². The SMILES string of the molecule is CCCC(=O)N(C/C=C/c1ccccc1OC)CCN1CCN(C(=O)c2cccc(C(F)(F)F)c2)CC1. The normalized spacial score (nSPS) is 14.7. The molecule has 0 unspecified atom stereocenters. The zero-order valence-corrected chi connectivity index (χ0v) is 21.3. The van der Waals surface area contributed by atoms with Gasteiger partial charge in [-0.1, -0.05) is 43.3 Å². The number of rotatable bonds is 10. The summed E-state index contributed by atoms with van der Waals surface area (Å²) in [6.07, 6.45) is 0.655. The molecule has 1 fully saturated rings. The predicted molar refractivity (Wildman–Crippen MR) is 137 cm³/mol. The molecule has 200 valence electrons. The van der Waals surface area contributed by atoms with Gasteiger partial charge >= 0.3 is 6.18 Å². The van der Waals surface area contributed by atoms with E-state index in [-0.39, 0.29) is 11.5 Å². The van der Waals surface area contributed by atoms with Gasteiger partial charge in [-0.2, -0.15) is 13.2 Å². The van der Waals surface area contributed by atoms with E-state index < -0.39 is 17.6 Å². The molecule has 1 saturated heterocycles. The maximum absolute atomic E-state index is 13.0. The van der Waals surface area contributed by atoms with Gasteiger partial charge in [-0.05, 0) is 30.7 Å². The molecule has 0 aliphatic carbocycles. The Kier molecular flexibility index (Phi) is 10.1. The van der Waals surface area contributed by atoms with Crippen LogP contribution >= 0.6 is 0 Å². The lowest BCUT2D eigenvalue weighted by molar-refractivity contribution is -0.137. The van der Waals surface area contributed by atoms with Crippen molar-refractivity contribution in [3.63, 3.8) is 0 Å². The van der Waals surface area contributed by atoms with Crippen molar-refractivity contribution in [1.82, 2.24) is 14.7 Å². The minimum absolute atomic E-state index is 0.0430. The number of methoxy groups -OCH3 is 1. The fourth-order valence-electron chi connectivity index (χ4n) is 4.25. The molecule has 9 heteroatoms. The number of piperazine rings is 1. The van der Waals surface area contributed by atoms with Crippen LogP contribution in [0.3, 0.4) is 0 Å². The second-order valence-electron chi connectivity index (χ2n) is 8.95. The fraction of sp³-hybridized carbons (Fsp3) is 0.429. The molecule has 2 aromatic carbocycles. The lowest BCUT2D eigenvalue weighted by Crippen LogP contribution is -2.50. The van der Waals surface area contributed by atoms with Crippen LogP contribution in [0.25, 0.3) is 6.08 Å². The van der Waals surface area contributed by atoms with Crippen LogP contribution in [0.15, 0.2) is 54.6 Å². The Bertz CT molecular complexity index is 1080. The molecule has 3 rings (SSSR count). The third-order valence-corrected chi connectivity index (χ3v) is 6.36. The number of hydrogen-bond donors (Lipinski definition) is 0. The standard InChI is InChI=1S/C28H34F3N3O3/c1-3-8-26(35)33(14-7-11-22-9-4-5-13-25(22)37-2)18-15-32-16-19-34(20-17-32)27(36)23-10-6-12-24(21-23)28(29,30)31/h4-7,9-13,21H,3,8,14-20H2,1-2H3/b11-7+. The van der Waals surface area contributed by atoms with Crippen molar-refractivity contribution in [2.75, 3.05) is 52.9 Å². The van der Waals surface area contributed by atoms with Gasteiger partial charge in [0.15, 0.2) is 0 Å². The lowest BCUT2D eigenvalue weighted by atomic mass is 10.1. The number of hydrogen-bond acceptors (Lipinski definition) is 4. The van der Waals surface area contributed by atoms with Crippen molar-refractivity contribution in [2.45, 2.75) is 25.9 Å². The Morgan fingerprint density at radius 2 is 1.78 bits per heavy atom. The largest absolute Gasteiger partial charge is 0.496 e. The molecule has 2 amide bonds. The van der Waals surface area contributed by atoms with Crippen LogP contribution in [0.2, 0.25) is 0 Å². The lowest BCUT2D eigenvalue weighted by Gasteiger charge is -2.36. The van der Waals surface area contributed by atoms with Crippen LogP contribution in [-0.2, 0) is 11.0 Å². The molecule has 2 aromatic rings. The van der Waals surface area contributed by atoms with Crippen LogP contribution in [0.1, 0.15) is 41.3 Å². The molecule has 0 spiro atoms. The number of alkyl halides is 3. The van der Waals surface area contributed by atoms with Crippen LogP contribution in [0.4, 0.5) is 13.2 Å². The summed E-state index contributed by atoms with van der Waals surface area (Å²) < 4.78 is 44.4. The molecular weight excluding hydrogens is 483 g/mol. The van der Waals surface area contributed by atoms with E-state index in [2.05, 4.69) is 4.90 Å². The number of carbonyl (C=O) groups is 2. The number of amides is 2. The summed E-state index contributed by atoms with van der Waals surface area (Å²) in [6, 6.07) is 12.2. The minimum Gasteiger partial charge on any atom is -0.496 e. The molecule has 0 N–H and O–H groups in total. The van der Waals surface area contributed by atoms with E-state index in [0.717, 1.165) is 29.9 Å². The highest BCUT2D eigenvalue weighted by molar-refractivity contribution is 5.94. The van der Waals surface area contributed by atoms with E-state index >= 15 is 0 Å². The van der Waals surface area contributed by atoms with Gasteiger partial charge in [-0.15, -0.1) is 0 Å². The van der Waals surface area contributed by atoms with Gasteiger partial charge in [0.2, 0.25) is 5.91 Å². The summed E-state index contributed by atoms with van der Waals surface area (Å²) in [5.74, 6) is 0.459. The molecule has 6 nitrogen and oxygen atoms in total. The number of halogens is 3. The quantitative estimate of drug-likeness (QED) is 0.454. The summed E-state index contributed by atoms with van der Waals surface area (Å²) in [6.45, 7) is 5.69. The second kappa shape index (κ2) is 13.3. The first-order valence-corrected chi connectivity index (χ1v) is 12.5. The first-order chi connectivity index (χ1) is 17.7. The molecule has 0 bridgehead atoms. The van der Waals surface area contributed by atoms with Crippen molar-refractivity contribution in [2.24, 2.45) is 0 Å². The number of benzene rings is 2. The van der Waals surface area contributed by atoms with Gasteiger partial charge in [-0.25, -0.2) is 0 Å². The van der Waals surface area contributed by atoms with E-state index in [1.807, 2.05) is 48.2 Å². The first kappa shape index (κ1) is 28.2. The molecule has 1 heterocycles. The van der Waals surface area contributed by atoms with Crippen molar-refractivity contribution >= 4 is 17.9 Å². The van der Waals surface area contributed by atoms with Gasteiger partial charge in [0.25, 0.3) is 5.91 Å². The molecule has 1 aliphatic rings. The van der Waals surface area contributed by atoms with Crippen molar-refractivity contribution in [3.05, 3.63) is 71.3 Å². The van der Waals surface area contributed by atoms with E-state index in [0.29, 0.717) is 52.2 Å². The summed E-state index contributed by atoms with van der Waals surface area (Å²) in [5, 5.41) is 0. The molecular formula is C28H34F3N3O3. The monoisotopic (exact) mass is 517 g/mol. The highest BCUT2D eigenvalue weighted by Gasteiger charge is 2.31. The topological polar surface area (TPSA) is 53.1 Å². The second-order valence-corrected chi connectivity index (χ2v) is 8.95. The Hall–Kier alpha value is -3.33. The average molecular weight is 518 g/mol. The van der Waals surface area contributed by atoms with Crippen LogP contribution in [-0.4, -0.2) is 79.4 Å². The summed E-state index contributed by atoms with van der Waals surface area (Å²) in [5.41, 5.74) is 0.157. The molecule has 1 aliphatic heterocycles. The van der Waals surface area contributed by atoms with Crippen molar-refractivity contribution in [3.8, 4) is 5.75 Å². The molecule has 0 radical (unpaired) electrons. The smallest absolute Gasteiger partial charge is 0.416 e. The zero-order chi connectivity index (χ0) is 26.8. The third-order valence-electron chi connectivity index (χ3n) is 6.36. The van der Waals surface area contributed by atoms with E-state index in [4.69, 9.17) is 4.74 Å². The van der Waals surface area contributed by atoms with Gasteiger partial charge in [0, 0.05) is 63.4 Å². The summed E-state index contributed by atoms with van der Waals surface area (Å²) >= 11 is 0. The van der Waals surface area contributed by atoms with Crippen LogP contribution < -0.4 is 4.74 Å². The third kappa shape index (κ3) is 8.08. The van der Waals surface area contributed by atoms with Crippen LogP contribution in [0, 0.1) is 0 Å². The van der Waals surface area contributed by atoms with E-state index in [9.17, 15) is 22.8 Å². The van der Waals surface area contributed by atoms with E-state index in [1.54, 1.807) is 12.0 Å². The Morgan fingerprint density at radius 3 is 2.46 bits per heavy atom. The van der Waals surface area contributed by atoms with Crippen molar-refractivity contribution < 1.29 is 27.5 Å². The fourth-order valence-corrected chi connectivity index (χ4v) is 4.25. The highest BCUT2D eigenvalue weighted by Crippen LogP contribution is 2.29. The Labute approximate surface area is 216 Å². The average Bonchev–Trinajstić information content (AvgIpc) is 2.90. The number of ether oxygens (including phenoxy) is 1. The van der Waals surface area contributed by atoms with Gasteiger partial charge in [0.05, 0.1) is 12.7 Å². The number of nitrogens with zero attached hydrogens (tertiary/aromatic N) is 3. The highest BCUT2D eigenvalue weighted by atomic mass is 19.4. The maximum atomic E-state index is 13.0. The van der Waals surface area contributed by atoms with E-state index in [1.165, 1.54) is 12.1 Å². The summed E-state index contributed by atoms with van der Waals surface area (Å²) in [4.78, 5) is 31.0. The van der Waals surface area contributed by atoms with Gasteiger partial charge in [0.1, 0.15) is 5.75 Å². The Morgan fingerprint density at radius 1 is 1.05 bits per heavy atom. The zero-order valence-electron chi connectivity index (χ0n) is 21.3. The summed E-state index contributed by atoms with van der Waals surface area (Å²) in [7, 11) is 1.62. The number of carbonyl (C=O) groups excluding carboxylic acids is 2. The first-order valence-electron chi connectivity index (χ1n) is 12.5. The maximum Gasteiger partial charge on any atom is 0.416 e.